The van der Waals surface area contributed by atoms with Crippen molar-refractivity contribution in [1.29, 1.82) is 0 Å². The molecule has 0 aromatic heterocycles. The van der Waals surface area contributed by atoms with Crippen LogP contribution in [0.25, 0.3) is 0 Å². The van der Waals surface area contributed by atoms with Crippen molar-refractivity contribution in [2.75, 3.05) is 16.8 Å². The molecular weight excluding hydrogens is 438 g/mol. The van der Waals surface area contributed by atoms with Crippen LogP contribution >= 0.6 is 27.5 Å². The number of nitrogens with one attached hydrogen (secondary N) is 1. The zero-order valence-corrected chi connectivity index (χ0v) is 16.6. The summed E-state index contributed by atoms with van der Waals surface area (Å²) in [5.41, 5.74) is 1.32. The van der Waals surface area contributed by atoms with Crippen molar-refractivity contribution in [2.24, 2.45) is 5.92 Å². The third-order valence-electron chi connectivity index (χ3n) is 4.39. The highest BCUT2D eigenvalue weighted by molar-refractivity contribution is 9.10. The zero-order chi connectivity index (χ0) is 19.7. The minimum absolute atomic E-state index is 0.0294. The molecule has 2 aromatic rings. The van der Waals surface area contributed by atoms with E-state index in [4.69, 9.17) is 11.6 Å². The summed E-state index contributed by atoms with van der Waals surface area (Å²) >= 11 is 9.40. The van der Waals surface area contributed by atoms with Gasteiger partial charge in [0.1, 0.15) is 0 Å². The fourth-order valence-corrected chi connectivity index (χ4v) is 3.64. The third-order valence-corrected chi connectivity index (χ3v) is 5.19. The Labute approximate surface area is 168 Å². The molecule has 2 aromatic carbocycles. The van der Waals surface area contributed by atoms with E-state index in [1.165, 1.54) is 11.0 Å². The molecule has 7 nitrogen and oxygen atoms in total. The van der Waals surface area contributed by atoms with Crippen molar-refractivity contribution in [1.82, 2.24) is 0 Å². The number of anilines is 2. The summed E-state index contributed by atoms with van der Waals surface area (Å²) in [6.45, 7) is 1.78. The summed E-state index contributed by atoms with van der Waals surface area (Å²) < 4.78 is 0.786. The molecule has 0 aliphatic carbocycles. The first-order valence-electron chi connectivity index (χ1n) is 8.07. The monoisotopic (exact) mass is 451 g/mol. The van der Waals surface area contributed by atoms with Gasteiger partial charge in [-0.05, 0) is 31.2 Å². The first-order chi connectivity index (χ1) is 12.8. The maximum absolute atomic E-state index is 12.5. The summed E-state index contributed by atoms with van der Waals surface area (Å²) in [7, 11) is 0. The van der Waals surface area contributed by atoms with E-state index in [2.05, 4.69) is 21.2 Å². The molecule has 1 aliphatic heterocycles. The second-order valence-electron chi connectivity index (χ2n) is 6.25. The van der Waals surface area contributed by atoms with Crippen LogP contribution in [0.5, 0.6) is 0 Å². The number of carbonyl (C=O) groups is 2. The number of aryl methyl sites for hydroxylation is 1. The Morgan fingerprint density at radius 1 is 1.33 bits per heavy atom. The molecule has 0 radical (unpaired) electrons. The normalized spacial score (nSPS) is 16.5. The molecule has 1 saturated heterocycles. The number of nitro benzene ring substituents is 1. The number of hydrogen-bond donors (Lipinski definition) is 1. The van der Waals surface area contributed by atoms with Crippen molar-refractivity contribution >= 4 is 56.4 Å². The van der Waals surface area contributed by atoms with Gasteiger partial charge in [0.05, 0.1) is 27.2 Å². The van der Waals surface area contributed by atoms with Crippen molar-refractivity contribution in [3.05, 3.63) is 61.6 Å². The van der Waals surface area contributed by atoms with Crippen LogP contribution in [0.15, 0.2) is 40.9 Å². The van der Waals surface area contributed by atoms with Crippen LogP contribution in [0.1, 0.15) is 12.0 Å². The second kappa shape index (κ2) is 7.66. The zero-order valence-electron chi connectivity index (χ0n) is 14.2. The molecule has 2 amide bonds. The summed E-state index contributed by atoms with van der Waals surface area (Å²) in [6, 6.07) is 9.68. The van der Waals surface area contributed by atoms with Crippen molar-refractivity contribution < 1.29 is 14.5 Å². The number of halogens is 2. The predicted octanol–water partition coefficient (Wildman–Crippen LogP) is 4.31. The van der Waals surface area contributed by atoms with Gasteiger partial charge in [-0.15, -0.1) is 0 Å². The highest BCUT2D eigenvalue weighted by Crippen LogP contribution is 2.31. The molecule has 1 atom stereocenters. The number of hydrogen-bond acceptors (Lipinski definition) is 4. The lowest BCUT2D eigenvalue weighted by atomic mass is 10.1. The highest BCUT2D eigenvalue weighted by atomic mass is 79.9. The Balaban J connectivity index is 1.76. The highest BCUT2D eigenvalue weighted by Gasteiger charge is 2.36. The van der Waals surface area contributed by atoms with Crippen LogP contribution in [0.3, 0.4) is 0 Å². The summed E-state index contributed by atoms with van der Waals surface area (Å²) in [5.74, 6) is -1.15. The molecular formula is C18H15BrClN3O4. The number of rotatable bonds is 4. The minimum atomic E-state index is -0.572. The molecule has 0 unspecified atom stereocenters. The van der Waals surface area contributed by atoms with Crippen LogP contribution in [0.4, 0.5) is 17.1 Å². The van der Waals surface area contributed by atoms with Gasteiger partial charge in [-0.1, -0.05) is 33.6 Å². The van der Waals surface area contributed by atoms with Gasteiger partial charge in [0.2, 0.25) is 11.8 Å². The maximum atomic E-state index is 12.5. The minimum Gasteiger partial charge on any atom is -0.324 e. The Hall–Kier alpha value is -2.45. The van der Waals surface area contributed by atoms with Gasteiger partial charge in [-0.25, -0.2) is 0 Å². The predicted molar refractivity (Wildman–Crippen MR) is 106 cm³/mol. The van der Waals surface area contributed by atoms with E-state index in [9.17, 15) is 19.7 Å². The Morgan fingerprint density at radius 3 is 2.74 bits per heavy atom. The van der Waals surface area contributed by atoms with E-state index < -0.39 is 10.8 Å². The first kappa shape index (κ1) is 19.3. The van der Waals surface area contributed by atoms with Crippen molar-refractivity contribution in [2.45, 2.75) is 13.3 Å². The summed E-state index contributed by atoms with van der Waals surface area (Å²) in [5, 5.41) is 14.2. The average molecular weight is 453 g/mol. The number of nitro groups is 1. The molecule has 1 fully saturated rings. The molecule has 3 rings (SSSR count). The van der Waals surface area contributed by atoms with E-state index in [0.717, 1.165) is 4.47 Å². The van der Waals surface area contributed by atoms with E-state index in [-0.39, 0.29) is 30.5 Å². The molecule has 1 aliphatic rings. The standard InChI is InChI=1S/C18H15BrClN3O4/c1-10-2-4-13(8-16(10)23(26)27)22-9-11(6-17(22)24)18(25)21-15-5-3-12(19)7-14(15)20/h2-5,7-8,11H,6,9H2,1H3,(H,21,25)/t11-/m0/s1. The molecule has 27 heavy (non-hydrogen) atoms. The quantitative estimate of drug-likeness (QED) is 0.552. The van der Waals surface area contributed by atoms with E-state index in [0.29, 0.717) is 22.0 Å². The average Bonchev–Trinajstić information content (AvgIpc) is 2.99. The molecule has 0 spiro atoms. The van der Waals surface area contributed by atoms with E-state index in [1.54, 1.807) is 37.3 Å². The van der Waals surface area contributed by atoms with Gasteiger partial charge in [-0.2, -0.15) is 0 Å². The number of carbonyl (C=O) groups excluding carboxylic acids is 2. The van der Waals surface area contributed by atoms with Gasteiger partial charge >= 0.3 is 0 Å². The molecule has 1 N–H and O–H groups in total. The van der Waals surface area contributed by atoms with Crippen molar-refractivity contribution in [3.8, 4) is 0 Å². The third kappa shape index (κ3) is 4.12. The smallest absolute Gasteiger partial charge is 0.274 e. The lowest BCUT2D eigenvalue weighted by Gasteiger charge is -2.17. The Bertz CT molecular complexity index is 950. The van der Waals surface area contributed by atoms with Crippen LogP contribution in [-0.2, 0) is 9.59 Å². The maximum Gasteiger partial charge on any atom is 0.274 e. The number of benzene rings is 2. The van der Waals surface area contributed by atoms with Crippen LogP contribution in [0.2, 0.25) is 5.02 Å². The van der Waals surface area contributed by atoms with Gasteiger partial charge in [0, 0.05) is 29.1 Å². The van der Waals surface area contributed by atoms with Crippen molar-refractivity contribution in [3.63, 3.8) is 0 Å². The van der Waals surface area contributed by atoms with Gasteiger partial charge < -0.3 is 10.2 Å². The summed E-state index contributed by atoms with van der Waals surface area (Å²) in [6.07, 6.45) is 0.0294. The van der Waals surface area contributed by atoms with Crippen LogP contribution < -0.4 is 10.2 Å². The largest absolute Gasteiger partial charge is 0.324 e. The topological polar surface area (TPSA) is 92.6 Å². The fourth-order valence-electron chi connectivity index (χ4n) is 2.92. The number of nitrogens with zero attached hydrogens (tertiary/aromatic N) is 2. The fraction of sp³-hybridized carbons (Fsp3) is 0.222. The van der Waals surface area contributed by atoms with Gasteiger partial charge in [-0.3, -0.25) is 19.7 Å². The lowest BCUT2D eigenvalue weighted by Crippen LogP contribution is -2.28. The van der Waals surface area contributed by atoms with Gasteiger partial charge in [0.15, 0.2) is 0 Å². The molecule has 0 bridgehead atoms. The Morgan fingerprint density at radius 2 is 2.07 bits per heavy atom. The van der Waals surface area contributed by atoms with E-state index >= 15 is 0 Å². The molecule has 1 heterocycles. The summed E-state index contributed by atoms with van der Waals surface area (Å²) in [4.78, 5) is 36.9. The number of amides is 2. The first-order valence-corrected chi connectivity index (χ1v) is 9.24. The SMILES string of the molecule is Cc1ccc(N2C[C@@H](C(=O)Nc3ccc(Br)cc3Cl)CC2=O)cc1[N+](=O)[O-]. The van der Waals surface area contributed by atoms with Crippen LogP contribution in [-0.4, -0.2) is 23.3 Å². The van der Waals surface area contributed by atoms with E-state index in [1.807, 2.05) is 0 Å². The van der Waals surface area contributed by atoms with Crippen LogP contribution in [0, 0.1) is 23.0 Å². The molecule has 0 saturated carbocycles. The molecule has 140 valence electrons. The lowest BCUT2D eigenvalue weighted by molar-refractivity contribution is -0.385. The Kier molecular flexibility index (Phi) is 5.48. The second-order valence-corrected chi connectivity index (χ2v) is 7.57. The molecule has 9 heteroatoms. The van der Waals surface area contributed by atoms with Gasteiger partial charge in [0.25, 0.3) is 5.69 Å².